The van der Waals surface area contributed by atoms with Gasteiger partial charge in [0.25, 0.3) is 0 Å². The van der Waals surface area contributed by atoms with E-state index in [0.29, 0.717) is 0 Å². The molecule has 0 radical (unpaired) electrons. The van der Waals surface area contributed by atoms with Crippen molar-refractivity contribution in [3.63, 3.8) is 0 Å². The van der Waals surface area contributed by atoms with Crippen molar-refractivity contribution in [3.8, 4) is 66.8 Å². The molecular weight excluding hydrogens is 601 g/mol. The number of benzene rings is 9. The second-order valence-corrected chi connectivity index (χ2v) is 12.9. The third-order valence-electron chi connectivity index (χ3n) is 9.89. The SMILES string of the molecule is c1ccc(-c2ccc(-c3c4ccccc4c(-c4cc(-c5cccc(-c6ccccc6)c5)ccc4-c4ccccc4)c4ccccc34)cc2)cc1. The summed E-state index contributed by atoms with van der Waals surface area (Å²) in [5.41, 5.74) is 14.7. The molecule has 0 aromatic heterocycles. The molecule has 0 aliphatic rings. The molecule has 0 aliphatic carbocycles. The molecule has 0 heteroatoms. The predicted molar refractivity (Wildman–Crippen MR) is 214 cm³/mol. The summed E-state index contributed by atoms with van der Waals surface area (Å²) in [7, 11) is 0. The van der Waals surface area contributed by atoms with E-state index in [4.69, 9.17) is 0 Å². The molecule has 0 atom stereocenters. The Morgan fingerprint density at radius 1 is 0.180 bits per heavy atom. The molecule has 234 valence electrons. The molecule has 0 unspecified atom stereocenters. The van der Waals surface area contributed by atoms with Crippen molar-refractivity contribution in [2.24, 2.45) is 0 Å². The Kier molecular flexibility index (Phi) is 7.61. The highest BCUT2D eigenvalue weighted by Gasteiger charge is 2.20. The summed E-state index contributed by atoms with van der Waals surface area (Å²) in [5.74, 6) is 0. The van der Waals surface area contributed by atoms with Gasteiger partial charge in [0.2, 0.25) is 0 Å². The van der Waals surface area contributed by atoms with Gasteiger partial charge in [-0.25, -0.2) is 0 Å². The van der Waals surface area contributed by atoms with Crippen LogP contribution in [0.25, 0.3) is 88.3 Å². The molecular formula is C50H34. The fraction of sp³-hybridized carbons (Fsp3) is 0. The van der Waals surface area contributed by atoms with Crippen LogP contribution < -0.4 is 0 Å². The molecule has 0 bridgehead atoms. The van der Waals surface area contributed by atoms with Crippen LogP contribution in [-0.4, -0.2) is 0 Å². The van der Waals surface area contributed by atoms with Gasteiger partial charge in [0.15, 0.2) is 0 Å². The molecule has 0 nitrogen and oxygen atoms in total. The lowest BCUT2D eigenvalue weighted by atomic mass is 9.82. The van der Waals surface area contributed by atoms with Gasteiger partial charge in [-0.05, 0) is 100 Å². The minimum absolute atomic E-state index is 1.20. The van der Waals surface area contributed by atoms with Crippen molar-refractivity contribution in [2.45, 2.75) is 0 Å². The summed E-state index contributed by atoms with van der Waals surface area (Å²) >= 11 is 0. The van der Waals surface area contributed by atoms with Gasteiger partial charge in [-0.3, -0.25) is 0 Å². The van der Waals surface area contributed by atoms with E-state index in [-0.39, 0.29) is 0 Å². The highest BCUT2D eigenvalue weighted by Crippen LogP contribution is 2.47. The fourth-order valence-electron chi connectivity index (χ4n) is 7.50. The lowest BCUT2D eigenvalue weighted by Crippen LogP contribution is -1.94. The molecule has 0 spiro atoms. The minimum atomic E-state index is 1.20. The number of rotatable bonds is 6. The van der Waals surface area contributed by atoms with Crippen LogP contribution in [-0.2, 0) is 0 Å². The molecule has 50 heavy (non-hydrogen) atoms. The third-order valence-corrected chi connectivity index (χ3v) is 9.89. The zero-order chi connectivity index (χ0) is 33.3. The first kappa shape index (κ1) is 29.6. The van der Waals surface area contributed by atoms with Crippen molar-refractivity contribution in [1.82, 2.24) is 0 Å². The molecule has 0 N–H and O–H groups in total. The van der Waals surface area contributed by atoms with Crippen LogP contribution in [0.15, 0.2) is 206 Å². The predicted octanol–water partition coefficient (Wildman–Crippen LogP) is 14.0. The maximum absolute atomic E-state index is 2.41. The van der Waals surface area contributed by atoms with Gasteiger partial charge in [0, 0.05) is 0 Å². The van der Waals surface area contributed by atoms with E-state index in [9.17, 15) is 0 Å². The summed E-state index contributed by atoms with van der Waals surface area (Å²) in [6, 6.07) is 74.9. The lowest BCUT2D eigenvalue weighted by Gasteiger charge is -2.21. The highest BCUT2D eigenvalue weighted by molar-refractivity contribution is 6.22. The van der Waals surface area contributed by atoms with Crippen molar-refractivity contribution in [2.75, 3.05) is 0 Å². The van der Waals surface area contributed by atoms with Crippen LogP contribution >= 0.6 is 0 Å². The first-order chi connectivity index (χ1) is 24.8. The number of hydrogen-bond acceptors (Lipinski definition) is 0. The second kappa shape index (κ2) is 12.8. The zero-order valence-corrected chi connectivity index (χ0v) is 27.6. The molecule has 0 heterocycles. The lowest BCUT2D eigenvalue weighted by molar-refractivity contribution is 1.57. The Bertz CT molecular complexity index is 2540. The van der Waals surface area contributed by atoms with E-state index >= 15 is 0 Å². The van der Waals surface area contributed by atoms with Crippen LogP contribution in [0.5, 0.6) is 0 Å². The van der Waals surface area contributed by atoms with Gasteiger partial charge in [0.1, 0.15) is 0 Å². The summed E-state index contributed by atoms with van der Waals surface area (Å²) in [6.45, 7) is 0. The van der Waals surface area contributed by atoms with Crippen LogP contribution in [0.2, 0.25) is 0 Å². The number of hydrogen-bond donors (Lipinski definition) is 0. The molecule has 0 amide bonds. The van der Waals surface area contributed by atoms with E-state index in [1.165, 1.54) is 88.3 Å². The smallest absolute Gasteiger partial charge is 0.00199 e. The Morgan fingerprint density at radius 3 is 1.10 bits per heavy atom. The Labute approximate surface area is 293 Å². The Morgan fingerprint density at radius 2 is 0.540 bits per heavy atom. The van der Waals surface area contributed by atoms with Gasteiger partial charge in [-0.2, -0.15) is 0 Å². The van der Waals surface area contributed by atoms with E-state index in [0.717, 1.165) is 0 Å². The fourth-order valence-corrected chi connectivity index (χ4v) is 7.50. The van der Waals surface area contributed by atoms with Gasteiger partial charge >= 0.3 is 0 Å². The standard InChI is InChI=1S/C50H34/c1-4-15-35(16-5-1)37-27-29-39(30-28-37)49-44-23-10-12-25-46(44)50(47-26-13-11-24-45(47)49)48-34-42(31-32-43(48)38-19-8-3-9-20-38)41-22-14-21-40(33-41)36-17-6-2-7-18-36/h1-34H. The molecule has 9 aromatic rings. The summed E-state index contributed by atoms with van der Waals surface area (Å²) in [5, 5.41) is 5.01. The third kappa shape index (κ3) is 5.38. The van der Waals surface area contributed by atoms with Crippen LogP contribution in [0.3, 0.4) is 0 Å². The maximum atomic E-state index is 2.41. The Balaban J connectivity index is 1.29. The van der Waals surface area contributed by atoms with Gasteiger partial charge in [-0.1, -0.05) is 194 Å². The summed E-state index contributed by atoms with van der Waals surface area (Å²) < 4.78 is 0. The van der Waals surface area contributed by atoms with E-state index < -0.39 is 0 Å². The average molecular weight is 635 g/mol. The monoisotopic (exact) mass is 634 g/mol. The molecule has 0 fully saturated rings. The second-order valence-electron chi connectivity index (χ2n) is 12.9. The Hall–Kier alpha value is -6.50. The quantitative estimate of drug-likeness (QED) is 0.160. The van der Waals surface area contributed by atoms with Gasteiger partial charge < -0.3 is 0 Å². The molecule has 0 aliphatic heterocycles. The number of fused-ring (bicyclic) bond motifs is 2. The molecule has 0 saturated carbocycles. The van der Waals surface area contributed by atoms with Crippen molar-refractivity contribution in [1.29, 1.82) is 0 Å². The van der Waals surface area contributed by atoms with Crippen molar-refractivity contribution < 1.29 is 0 Å². The molecule has 9 rings (SSSR count). The maximum Gasteiger partial charge on any atom is -0.00199 e. The van der Waals surface area contributed by atoms with Crippen molar-refractivity contribution >= 4 is 21.5 Å². The average Bonchev–Trinajstić information content (AvgIpc) is 3.21. The summed E-state index contributed by atoms with van der Waals surface area (Å²) in [4.78, 5) is 0. The van der Waals surface area contributed by atoms with Gasteiger partial charge in [0.05, 0.1) is 0 Å². The van der Waals surface area contributed by atoms with E-state index in [1.807, 2.05) is 0 Å². The van der Waals surface area contributed by atoms with Crippen LogP contribution in [0.4, 0.5) is 0 Å². The highest BCUT2D eigenvalue weighted by atomic mass is 14.2. The first-order valence-corrected chi connectivity index (χ1v) is 17.3. The largest absolute Gasteiger partial charge is 0.0622 e. The van der Waals surface area contributed by atoms with E-state index in [2.05, 4.69) is 206 Å². The normalized spacial score (nSPS) is 11.2. The van der Waals surface area contributed by atoms with E-state index in [1.54, 1.807) is 0 Å². The first-order valence-electron chi connectivity index (χ1n) is 17.3. The van der Waals surface area contributed by atoms with Crippen molar-refractivity contribution in [3.05, 3.63) is 206 Å². The summed E-state index contributed by atoms with van der Waals surface area (Å²) in [6.07, 6.45) is 0. The topological polar surface area (TPSA) is 0 Å². The van der Waals surface area contributed by atoms with Gasteiger partial charge in [-0.15, -0.1) is 0 Å². The molecule has 0 saturated heterocycles. The molecule has 9 aromatic carbocycles. The zero-order valence-electron chi connectivity index (χ0n) is 27.6. The minimum Gasteiger partial charge on any atom is -0.0622 e. The van der Waals surface area contributed by atoms with Crippen LogP contribution in [0, 0.1) is 0 Å². The van der Waals surface area contributed by atoms with Crippen LogP contribution in [0.1, 0.15) is 0 Å².